The molecule has 0 saturated carbocycles. The summed E-state index contributed by atoms with van der Waals surface area (Å²) in [5.74, 6) is 1.08. The second-order valence-electron chi connectivity index (χ2n) is 0.981. The molecule has 0 aromatic carbocycles. The van der Waals surface area contributed by atoms with Gasteiger partial charge in [0.05, 0.1) is 0 Å². The van der Waals surface area contributed by atoms with Gasteiger partial charge in [0.15, 0.2) is 0 Å². The number of hydrogen-bond acceptors (Lipinski definition) is 2. The normalized spacial score (nSPS) is 9.25. The standard InChI is InChI=1S/C5H9S2.Li/c1-6-4-3-5-7-2;/h3H,4H2,1-2H3;/q-1;+1. The van der Waals surface area contributed by atoms with E-state index in [0.29, 0.717) is 0 Å². The largest absolute Gasteiger partial charge is 1.00 e. The van der Waals surface area contributed by atoms with Crippen molar-refractivity contribution in [2.24, 2.45) is 0 Å². The SMILES string of the molecule is CS[C-]=CCSC.[Li+]. The molecule has 0 aromatic rings. The van der Waals surface area contributed by atoms with E-state index in [9.17, 15) is 0 Å². The second-order valence-corrected chi connectivity index (χ2v) is 2.54. The Hall–Kier alpha value is 1.04. The van der Waals surface area contributed by atoms with Crippen LogP contribution in [-0.4, -0.2) is 18.3 Å². The first-order valence-electron chi connectivity index (χ1n) is 2.01. The minimum atomic E-state index is 0. The number of hydrogen-bond donors (Lipinski definition) is 0. The topological polar surface area (TPSA) is 0 Å². The van der Waals surface area contributed by atoms with Crippen molar-refractivity contribution in [2.45, 2.75) is 0 Å². The molecule has 0 radical (unpaired) electrons. The van der Waals surface area contributed by atoms with Gasteiger partial charge >= 0.3 is 18.9 Å². The minimum absolute atomic E-state index is 0. The Balaban J connectivity index is 0. The van der Waals surface area contributed by atoms with Crippen LogP contribution in [-0.2, 0) is 0 Å². The summed E-state index contributed by atoms with van der Waals surface area (Å²) in [5, 5.41) is 3.02. The first kappa shape index (κ1) is 11.8. The van der Waals surface area contributed by atoms with E-state index in [1.54, 1.807) is 11.8 Å². The fourth-order valence-electron chi connectivity index (χ4n) is 0.201. The number of rotatable bonds is 3. The first-order valence-corrected chi connectivity index (χ1v) is 4.62. The fraction of sp³-hybridized carbons (Fsp3) is 0.600. The van der Waals surface area contributed by atoms with Crippen molar-refractivity contribution in [2.75, 3.05) is 18.3 Å². The van der Waals surface area contributed by atoms with Crippen LogP contribution in [0.15, 0.2) is 6.08 Å². The Morgan fingerprint density at radius 1 is 1.50 bits per heavy atom. The summed E-state index contributed by atoms with van der Waals surface area (Å²) >= 11 is 3.43. The van der Waals surface area contributed by atoms with Gasteiger partial charge in [-0.25, -0.2) is 0 Å². The molecule has 0 fully saturated rings. The smallest absolute Gasteiger partial charge is 0.436 e. The molecule has 0 aliphatic carbocycles. The minimum Gasteiger partial charge on any atom is -0.436 e. The molecule has 0 nitrogen and oxygen atoms in total. The molecular weight excluding hydrogens is 131 g/mol. The van der Waals surface area contributed by atoms with E-state index in [1.807, 2.05) is 24.1 Å². The van der Waals surface area contributed by atoms with Gasteiger partial charge in [0.25, 0.3) is 0 Å². The molecule has 0 saturated heterocycles. The zero-order chi connectivity index (χ0) is 5.54. The fourth-order valence-corrected chi connectivity index (χ4v) is 0.806. The Labute approximate surface area is 72.1 Å². The van der Waals surface area contributed by atoms with Crippen LogP contribution in [0.1, 0.15) is 0 Å². The molecule has 42 valence electrons. The van der Waals surface area contributed by atoms with Crippen molar-refractivity contribution >= 4 is 23.5 Å². The maximum absolute atomic E-state index is 3.02. The van der Waals surface area contributed by atoms with Crippen LogP contribution in [0.2, 0.25) is 0 Å². The maximum Gasteiger partial charge on any atom is 1.00 e. The molecule has 0 atom stereocenters. The van der Waals surface area contributed by atoms with E-state index in [0.717, 1.165) is 5.75 Å². The molecule has 0 heterocycles. The average molecular weight is 140 g/mol. The van der Waals surface area contributed by atoms with Gasteiger partial charge in [-0.15, -0.1) is 0 Å². The zero-order valence-electron chi connectivity index (χ0n) is 5.60. The van der Waals surface area contributed by atoms with Crippen LogP contribution in [0.25, 0.3) is 0 Å². The second kappa shape index (κ2) is 10.9. The van der Waals surface area contributed by atoms with Crippen molar-refractivity contribution < 1.29 is 18.9 Å². The van der Waals surface area contributed by atoms with Crippen molar-refractivity contribution in [3.63, 3.8) is 0 Å². The van der Waals surface area contributed by atoms with Gasteiger partial charge in [-0.2, -0.15) is 11.8 Å². The number of thioether (sulfide) groups is 2. The van der Waals surface area contributed by atoms with Gasteiger partial charge in [-0.05, 0) is 18.3 Å². The van der Waals surface area contributed by atoms with E-state index in [4.69, 9.17) is 0 Å². The monoisotopic (exact) mass is 140 g/mol. The third-order valence-electron chi connectivity index (χ3n) is 0.451. The molecule has 3 heteroatoms. The molecular formula is C5H9LiS2. The van der Waals surface area contributed by atoms with E-state index in [2.05, 4.69) is 11.7 Å². The van der Waals surface area contributed by atoms with Gasteiger partial charge in [0.1, 0.15) is 0 Å². The third kappa shape index (κ3) is 10.1. The summed E-state index contributed by atoms with van der Waals surface area (Å²) in [6.07, 6.45) is 6.13. The van der Waals surface area contributed by atoms with E-state index < -0.39 is 0 Å². The van der Waals surface area contributed by atoms with Gasteiger partial charge in [-0.1, -0.05) is 0 Å². The molecule has 0 aromatic heterocycles. The van der Waals surface area contributed by atoms with Crippen LogP contribution in [0.4, 0.5) is 0 Å². The molecule has 0 amide bonds. The predicted octanol–water partition coefficient (Wildman–Crippen LogP) is -0.967. The van der Waals surface area contributed by atoms with E-state index >= 15 is 0 Å². The molecule has 0 aliphatic heterocycles. The van der Waals surface area contributed by atoms with Crippen LogP contribution < -0.4 is 18.9 Å². The van der Waals surface area contributed by atoms with Gasteiger partial charge in [0, 0.05) is 0 Å². The van der Waals surface area contributed by atoms with Crippen LogP contribution in [0.5, 0.6) is 0 Å². The van der Waals surface area contributed by atoms with Gasteiger partial charge in [-0.3, -0.25) is 6.08 Å². The Morgan fingerprint density at radius 3 is 2.50 bits per heavy atom. The van der Waals surface area contributed by atoms with Gasteiger partial charge in [0.2, 0.25) is 0 Å². The summed E-state index contributed by atoms with van der Waals surface area (Å²) in [7, 11) is 0. The average Bonchev–Trinajstić information content (AvgIpc) is 1.69. The Morgan fingerprint density at radius 2 is 2.12 bits per heavy atom. The van der Waals surface area contributed by atoms with E-state index in [-0.39, 0.29) is 18.9 Å². The van der Waals surface area contributed by atoms with Crippen molar-refractivity contribution in [3.05, 3.63) is 11.5 Å². The molecule has 0 unspecified atom stereocenters. The van der Waals surface area contributed by atoms with Crippen molar-refractivity contribution in [1.29, 1.82) is 0 Å². The van der Waals surface area contributed by atoms with Crippen molar-refractivity contribution in [3.8, 4) is 0 Å². The van der Waals surface area contributed by atoms with Crippen LogP contribution in [0.3, 0.4) is 0 Å². The van der Waals surface area contributed by atoms with Gasteiger partial charge < -0.3 is 17.2 Å². The third-order valence-corrected chi connectivity index (χ3v) is 1.35. The quantitative estimate of drug-likeness (QED) is 0.365. The summed E-state index contributed by atoms with van der Waals surface area (Å²) in [6.45, 7) is 0. The van der Waals surface area contributed by atoms with Crippen LogP contribution >= 0.6 is 23.5 Å². The molecule has 0 N–H and O–H groups in total. The summed E-state index contributed by atoms with van der Waals surface area (Å²) < 4.78 is 0. The molecule has 0 aliphatic rings. The summed E-state index contributed by atoms with van der Waals surface area (Å²) in [6, 6.07) is 0. The Bertz CT molecular complexity index is 54.4. The summed E-state index contributed by atoms with van der Waals surface area (Å²) in [4.78, 5) is 0. The predicted molar refractivity (Wildman–Crippen MR) is 39.7 cm³/mol. The van der Waals surface area contributed by atoms with Crippen LogP contribution in [0, 0.1) is 5.41 Å². The molecule has 0 bridgehead atoms. The summed E-state index contributed by atoms with van der Waals surface area (Å²) in [5.41, 5.74) is 0. The van der Waals surface area contributed by atoms with E-state index in [1.165, 1.54) is 0 Å². The van der Waals surface area contributed by atoms with Crippen molar-refractivity contribution in [1.82, 2.24) is 0 Å². The first-order chi connectivity index (χ1) is 3.41. The molecule has 0 rings (SSSR count). The maximum atomic E-state index is 3.02. The Kier molecular flexibility index (Phi) is 16.1. The molecule has 0 spiro atoms. The molecule has 8 heavy (non-hydrogen) atoms. The zero-order valence-corrected chi connectivity index (χ0v) is 7.23.